The van der Waals surface area contributed by atoms with Gasteiger partial charge in [0.1, 0.15) is 0 Å². The summed E-state index contributed by atoms with van der Waals surface area (Å²) >= 11 is 7.44. The minimum Gasteiger partial charge on any atom is -0.312 e. The Bertz CT molecular complexity index is 300. The third-order valence-electron chi connectivity index (χ3n) is 1.85. The smallest absolute Gasteiger partial charge is 0.0931 e. The van der Waals surface area contributed by atoms with Crippen LogP contribution in [-0.2, 0) is 6.54 Å². The maximum Gasteiger partial charge on any atom is 0.0931 e. The zero-order chi connectivity index (χ0) is 10.2. The van der Waals surface area contributed by atoms with Gasteiger partial charge in [-0.1, -0.05) is 11.6 Å². The Labute approximate surface area is 94.5 Å². The fourth-order valence-corrected chi connectivity index (χ4v) is 2.19. The molecule has 0 spiro atoms. The largest absolute Gasteiger partial charge is 0.312 e. The van der Waals surface area contributed by atoms with Gasteiger partial charge in [0.25, 0.3) is 0 Å². The van der Waals surface area contributed by atoms with Gasteiger partial charge in [0.2, 0.25) is 0 Å². The molecular weight excluding hydrogens is 214 g/mol. The summed E-state index contributed by atoms with van der Waals surface area (Å²) < 4.78 is 0.856. The zero-order valence-corrected chi connectivity index (χ0v) is 9.63. The first-order valence-electron chi connectivity index (χ1n) is 4.71. The van der Waals surface area contributed by atoms with Crippen LogP contribution >= 0.6 is 22.9 Å². The molecule has 0 fully saturated rings. The number of unbranched alkanes of at least 4 members (excludes halogenated alkanes) is 2. The van der Waals surface area contributed by atoms with E-state index in [0.29, 0.717) is 0 Å². The third-order valence-corrected chi connectivity index (χ3v) is 3.08. The number of rotatable bonds is 6. The molecule has 1 nitrogen and oxygen atoms in total. The monoisotopic (exact) mass is 227 g/mol. The Balaban J connectivity index is 2.02. The van der Waals surface area contributed by atoms with Crippen molar-refractivity contribution in [1.29, 1.82) is 0 Å². The van der Waals surface area contributed by atoms with E-state index in [1.807, 2.05) is 6.07 Å². The fourth-order valence-electron chi connectivity index (χ4n) is 1.14. The number of hydrogen-bond acceptors (Lipinski definition) is 2. The molecule has 1 rings (SSSR count). The number of terminal acetylenes is 1. The average Bonchev–Trinajstić information content (AvgIpc) is 2.58. The quantitative estimate of drug-likeness (QED) is 0.581. The van der Waals surface area contributed by atoms with Crippen LogP contribution in [0, 0.1) is 12.3 Å². The van der Waals surface area contributed by atoms with E-state index in [1.54, 1.807) is 11.3 Å². The second kappa shape index (κ2) is 6.89. The zero-order valence-electron chi connectivity index (χ0n) is 8.05. The van der Waals surface area contributed by atoms with Crippen LogP contribution in [0.15, 0.2) is 12.1 Å². The molecule has 0 aliphatic heterocycles. The van der Waals surface area contributed by atoms with Crippen molar-refractivity contribution in [3.05, 3.63) is 21.3 Å². The van der Waals surface area contributed by atoms with Crippen LogP contribution in [0.4, 0.5) is 0 Å². The van der Waals surface area contributed by atoms with Crippen LogP contribution in [0.3, 0.4) is 0 Å². The van der Waals surface area contributed by atoms with E-state index in [0.717, 1.165) is 36.7 Å². The van der Waals surface area contributed by atoms with E-state index in [1.165, 1.54) is 4.88 Å². The lowest BCUT2D eigenvalue weighted by molar-refractivity contribution is 0.634. The third kappa shape index (κ3) is 4.66. The summed E-state index contributed by atoms with van der Waals surface area (Å²) in [6, 6.07) is 3.99. The highest BCUT2D eigenvalue weighted by molar-refractivity contribution is 7.16. The first-order valence-corrected chi connectivity index (χ1v) is 5.91. The average molecular weight is 228 g/mol. The normalized spacial score (nSPS) is 10.0. The summed E-state index contributed by atoms with van der Waals surface area (Å²) in [6.07, 6.45) is 8.28. The Kier molecular flexibility index (Phi) is 5.70. The molecule has 0 bridgehead atoms. The molecule has 0 amide bonds. The van der Waals surface area contributed by atoms with Gasteiger partial charge >= 0.3 is 0 Å². The summed E-state index contributed by atoms with van der Waals surface area (Å²) in [5, 5.41) is 3.36. The van der Waals surface area contributed by atoms with Crippen molar-refractivity contribution in [2.75, 3.05) is 6.54 Å². The summed E-state index contributed by atoms with van der Waals surface area (Å²) in [6.45, 7) is 1.94. The van der Waals surface area contributed by atoms with Gasteiger partial charge in [-0.25, -0.2) is 0 Å². The molecule has 0 saturated heterocycles. The predicted molar refractivity (Wildman–Crippen MR) is 63.7 cm³/mol. The maximum absolute atomic E-state index is 5.81. The lowest BCUT2D eigenvalue weighted by Gasteiger charge is -2.00. The molecule has 76 valence electrons. The van der Waals surface area contributed by atoms with E-state index in [-0.39, 0.29) is 0 Å². The summed E-state index contributed by atoms with van der Waals surface area (Å²) in [4.78, 5) is 1.28. The van der Waals surface area contributed by atoms with E-state index >= 15 is 0 Å². The predicted octanol–water partition coefficient (Wildman–Crippen LogP) is 3.29. The van der Waals surface area contributed by atoms with Crippen LogP contribution < -0.4 is 5.32 Å². The van der Waals surface area contributed by atoms with Gasteiger partial charge in [-0.05, 0) is 31.5 Å². The van der Waals surface area contributed by atoms with Gasteiger partial charge in [-0.3, -0.25) is 0 Å². The van der Waals surface area contributed by atoms with E-state index < -0.39 is 0 Å². The van der Waals surface area contributed by atoms with Gasteiger partial charge in [-0.15, -0.1) is 23.7 Å². The molecular formula is C11H14ClNS. The highest BCUT2D eigenvalue weighted by Gasteiger charge is 1.96. The second-order valence-electron chi connectivity index (χ2n) is 3.04. The van der Waals surface area contributed by atoms with Crippen LogP contribution in [-0.4, -0.2) is 6.54 Å². The minimum atomic E-state index is 0.856. The molecule has 3 heteroatoms. The molecule has 0 saturated carbocycles. The van der Waals surface area contributed by atoms with Gasteiger partial charge in [0.05, 0.1) is 4.34 Å². The molecule has 0 atom stereocenters. The van der Waals surface area contributed by atoms with Crippen molar-refractivity contribution in [3.8, 4) is 12.3 Å². The number of halogens is 1. The second-order valence-corrected chi connectivity index (χ2v) is 4.84. The molecule has 0 unspecified atom stereocenters. The number of hydrogen-bond donors (Lipinski definition) is 1. The first-order chi connectivity index (χ1) is 6.83. The van der Waals surface area contributed by atoms with E-state index in [2.05, 4.69) is 17.3 Å². The van der Waals surface area contributed by atoms with Crippen LogP contribution in [0.1, 0.15) is 24.1 Å². The molecule has 1 aromatic heterocycles. The van der Waals surface area contributed by atoms with Crippen LogP contribution in [0.2, 0.25) is 4.34 Å². The molecule has 14 heavy (non-hydrogen) atoms. The molecule has 1 heterocycles. The molecule has 1 aromatic rings. The van der Waals surface area contributed by atoms with Gasteiger partial charge in [0, 0.05) is 17.8 Å². The van der Waals surface area contributed by atoms with Gasteiger partial charge in [0.15, 0.2) is 0 Å². The maximum atomic E-state index is 5.81. The van der Waals surface area contributed by atoms with Crippen LogP contribution in [0.5, 0.6) is 0 Å². The standard InChI is InChI=1S/C11H14ClNS/c1-2-3-4-5-8-13-9-10-6-7-11(12)14-10/h1,6-7,13H,3-5,8-9H2. The van der Waals surface area contributed by atoms with Crippen molar-refractivity contribution in [2.24, 2.45) is 0 Å². The molecule has 1 N–H and O–H groups in total. The van der Waals surface area contributed by atoms with Gasteiger partial charge in [-0.2, -0.15) is 0 Å². The van der Waals surface area contributed by atoms with E-state index in [4.69, 9.17) is 18.0 Å². The summed E-state index contributed by atoms with van der Waals surface area (Å²) in [5.74, 6) is 2.64. The number of thiophene rings is 1. The first kappa shape index (κ1) is 11.6. The van der Waals surface area contributed by atoms with Gasteiger partial charge < -0.3 is 5.32 Å². The SMILES string of the molecule is C#CCCCCNCc1ccc(Cl)s1. The summed E-state index contributed by atoms with van der Waals surface area (Å²) in [7, 11) is 0. The topological polar surface area (TPSA) is 12.0 Å². The van der Waals surface area contributed by atoms with E-state index in [9.17, 15) is 0 Å². The van der Waals surface area contributed by atoms with Crippen LogP contribution in [0.25, 0.3) is 0 Å². The lowest BCUT2D eigenvalue weighted by atomic mass is 10.2. The Morgan fingerprint density at radius 1 is 1.43 bits per heavy atom. The van der Waals surface area contributed by atoms with Crippen molar-refractivity contribution >= 4 is 22.9 Å². The summed E-state index contributed by atoms with van der Waals surface area (Å²) in [5.41, 5.74) is 0. The Hall–Kier alpha value is -0.490. The molecule has 0 aliphatic carbocycles. The van der Waals surface area contributed by atoms with Crippen molar-refractivity contribution in [3.63, 3.8) is 0 Å². The van der Waals surface area contributed by atoms with Crippen molar-refractivity contribution < 1.29 is 0 Å². The lowest BCUT2D eigenvalue weighted by Crippen LogP contribution is -2.13. The molecule has 0 aromatic carbocycles. The minimum absolute atomic E-state index is 0.856. The highest BCUT2D eigenvalue weighted by atomic mass is 35.5. The Morgan fingerprint density at radius 2 is 2.29 bits per heavy atom. The highest BCUT2D eigenvalue weighted by Crippen LogP contribution is 2.20. The molecule has 0 radical (unpaired) electrons. The van der Waals surface area contributed by atoms with Crippen molar-refractivity contribution in [1.82, 2.24) is 5.32 Å². The fraction of sp³-hybridized carbons (Fsp3) is 0.455. The molecule has 0 aliphatic rings. The number of nitrogens with one attached hydrogen (secondary N) is 1. The van der Waals surface area contributed by atoms with Crippen molar-refractivity contribution in [2.45, 2.75) is 25.8 Å². The Morgan fingerprint density at radius 3 is 2.93 bits per heavy atom.